The van der Waals surface area contributed by atoms with Crippen molar-refractivity contribution < 1.29 is 18.3 Å². The molecule has 2 aromatic carbocycles. The van der Waals surface area contributed by atoms with Gasteiger partial charge in [-0.2, -0.15) is 0 Å². The third-order valence-electron chi connectivity index (χ3n) is 5.14. The Balaban J connectivity index is 2.10. The van der Waals surface area contributed by atoms with Crippen molar-refractivity contribution in [3.63, 3.8) is 0 Å². The molecule has 0 radical (unpaired) electrons. The number of aliphatic carboxylic acids is 1. The van der Waals surface area contributed by atoms with Crippen molar-refractivity contribution in [2.45, 2.75) is 32.6 Å². The van der Waals surface area contributed by atoms with Crippen LogP contribution in [0.3, 0.4) is 0 Å². The number of rotatable bonds is 9. The average molecular weight is 471 g/mol. The van der Waals surface area contributed by atoms with Gasteiger partial charge in [0.1, 0.15) is 0 Å². The maximum Gasteiger partial charge on any atom is 0.312 e. The van der Waals surface area contributed by atoms with Gasteiger partial charge in [-0.1, -0.05) is 32.0 Å². The van der Waals surface area contributed by atoms with E-state index in [2.05, 4.69) is 14.8 Å². The number of aryl methyl sites for hydroxylation is 1. The van der Waals surface area contributed by atoms with Gasteiger partial charge in [0.2, 0.25) is 10.0 Å². The van der Waals surface area contributed by atoms with Crippen LogP contribution in [0, 0.1) is 0 Å². The summed E-state index contributed by atoms with van der Waals surface area (Å²) in [5, 5.41) is 12.6. The molecule has 3 aromatic rings. The van der Waals surface area contributed by atoms with Crippen molar-refractivity contribution >= 4 is 33.6 Å². The lowest BCUT2D eigenvalue weighted by atomic mass is 9.99. The molecule has 3 rings (SSSR count). The number of anilines is 1. The Morgan fingerprint density at radius 2 is 1.85 bits per heavy atom. The number of hydrogen-bond acceptors (Lipinski definition) is 5. The standard InChI is InChI=1S/C23H26N4O5S/c1-4-15-8-6-7-9-20(15)24-14-19-21(18(5-2)23(29)30)25-27(22(19)28)17-12-10-16(11-13-17)26-33(3,31)32/h6-14,18,25-26H,4-5H2,1-3H3,(H,29,30). The summed E-state index contributed by atoms with van der Waals surface area (Å²) in [5.41, 5.74) is 2.44. The van der Waals surface area contributed by atoms with E-state index in [0.29, 0.717) is 17.1 Å². The van der Waals surface area contributed by atoms with Gasteiger partial charge in [0.25, 0.3) is 5.56 Å². The highest BCUT2D eigenvalue weighted by atomic mass is 32.2. The van der Waals surface area contributed by atoms with Crippen LogP contribution in [0.5, 0.6) is 0 Å². The Kier molecular flexibility index (Phi) is 7.17. The van der Waals surface area contributed by atoms with Crippen molar-refractivity contribution in [3.8, 4) is 5.69 Å². The number of sulfonamides is 1. The van der Waals surface area contributed by atoms with Crippen LogP contribution < -0.4 is 10.3 Å². The molecule has 1 atom stereocenters. The highest BCUT2D eigenvalue weighted by Crippen LogP contribution is 2.23. The van der Waals surface area contributed by atoms with Crippen LogP contribution in [0.25, 0.3) is 5.69 Å². The predicted molar refractivity (Wildman–Crippen MR) is 129 cm³/mol. The van der Waals surface area contributed by atoms with E-state index in [0.717, 1.165) is 18.2 Å². The largest absolute Gasteiger partial charge is 0.481 e. The van der Waals surface area contributed by atoms with Gasteiger partial charge < -0.3 is 5.11 Å². The van der Waals surface area contributed by atoms with Gasteiger partial charge >= 0.3 is 5.97 Å². The van der Waals surface area contributed by atoms with E-state index in [4.69, 9.17) is 0 Å². The highest BCUT2D eigenvalue weighted by molar-refractivity contribution is 7.92. The molecule has 0 aliphatic carbocycles. The normalized spacial score (nSPS) is 12.7. The molecule has 0 aliphatic heterocycles. The second-order valence-electron chi connectivity index (χ2n) is 7.54. The summed E-state index contributed by atoms with van der Waals surface area (Å²) < 4.78 is 26.4. The van der Waals surface area contributed by atoms with E-state index in [-0.39, 0.29) is 17.7 Å². The fraction of sp³-hybridized carbons (Fsp3) is 0.261. The smallest absolute Gasteiger partial charge is 0.312 e. The molecule has 0 bridgehead atoms. The van der Waals surface area contributed by atoms with E-state index in [9.17, 15) is 23.1 Å². The average Bonchev–Trinajstić information content (AvgIpc) is 3.08. The molecule has 1 heterocycles. The number of aromatic amines is 1. The third-order valence-corrected chi connectivity index (χ3v) is 5.75. The first-order valence-corrected chi connectivity index (χ1v) is 12.3. The number of nitrogens with zero attached hydrogens (tertiary/aromatic N) is 2. The zero-order valence-corrected chi connectivity index (χ0v) is 19.4. The SMILES string of the molecule is CCc1ccccc1N=Cc1c(C(CC)C(=O)O)[nH]n(-c2ccc(NS(C)(=O)=O)cc2)c1=O. The molecule has 9 nitrogen and oxygen atoms in total. The number of H-pyrrole nitrogens is 1. The summed E-state index contributed by atoms with van der Waals surface area (Å²) in [4.78, 5) is 29.6. The van der Waals surface area contributed by atoms with Crippen LogP contribution in [-0.2, 0) is 21.2 Å². The third kappa shape index (κ3) is 5.58. The van der Waals surface area contributed by atoms with Gasteiger partial charge in [0.05, 0.1) is 34.8 Å². The maximum atomic E-state index is 13.3. The van der Waals surface area contributed by atoms with Crippen molar-refractivity contribution in [2.75, 3.05) is 11.0 Å². The number of nitrogens with one attached hydrogen (secondary N) is 2. The van der Waals surface area contributed by atoms with Gasteiger partial charge in [0.15, 0.2) is 0 Å². The van der Waals surface area contributed by atoms with Crippen LogP contribution in [-0.4, -0.2) is 41.7 Å². The molecule has 10 heteroatoms. The fourth-order valence-corrected chi connectivity index (χ4v) is 4.07. The van der Waals surface area contributed by atoms with Crippen LogP contribution >= 0.6 is 0 Å². The minimum absolute atomic E-state index is 0.161. The number of carboxylic acids is 1. The Bertz CT molecular complexity index is 1340. The monoisotopic (exact) mass is 470 g/mol. The number of carbonyl (C=O) groups is 1. The molecular weight excluding hydrogens is 444 g/mol. The Hall–Kier alpha value is -3.66. The lowest BCUT2D eigenvalue weighted by Crippen LogP contribution is -2.17. The zero-order chi connectivity index (χ0) is 24.2. The van der Waals surface area contributed by atoms with Crippen LogP contribution in [0.15, 0.2) is 58.3 Å². The summed E-state index contributed by atoms with van der Waals surface area (Å²) in [7, 11) is -3.44. The molecule has 33 heavy (non-hydrogen) atoms. The van der Waals surface area contributed by atoms with E-state index >= 15 is 0 Å². The molecule has 0 saturated carbocycles. The number of benzene rings is 2. The fourth-order valence-electron chi connectivity index (χ4n) is 3.50. The van der Waals surface area contributed by atoms with Gasteiger partial charge in [-0.3, -0.25) is 24.4 Å². The molecule has 0 fully saturated rings. The summed E-state index contributed by atoms with van der Waals surface area (Å²) in [6, 6.07) is 13.7. The summed E-state index contributed by atoms with van der Waals surface area (Å²) in [6.07, 6.45) is 3.49. The molecule has 0 spiro atoms. The van der Waals surface area contributed by atoms with Gasteiger partial charge in [-0.25, -0.2) is 13.1 Å². The van der Waals surface area contributed by atoms with Crippen molar-refractivity contribution in [3.05, 3.63) is 75.7 Å². The molecule has 1 aromatic heterocycles. The molecule has 0 aliphatic rings. The summed E-state index contributed by atoms with van der Waals surface area (Å²) in [6.45, 7) is 3.73. The minimum atomic E-state index is -3.44. The Morgan fingerprint density at radius 1 is 1.18 bits per heavy atom. The number of aromatic nitrogens is 2. The molecule has 174 valence electrons. The van der Waals surface area contributed by atoms with Crippen molar-refractivity contribution in [1.29, 1.82) is 0 Å². The van der Waals surface area contributed by atoms with E-state index in [1.165, 1.54) is 23.0 Å². The summed E-state index contributed by atoms with van der Waals surface area (Å²) in [5.74, 6) is -1.98. The Morgan fingerprint density at radius 3 is 2.42 bits per heavy atom. The van der Waals surface area contributed by atoms with E-state index in [1.807, 2.05) is 31.2 Å². The quantitative estimate of drug-likeness (QED) is 0.412. The first kappa shape index (κ1) is 24.0. The van der Waals surface area contributed by atoms with Crippen LogP contribution in [0.2, 0.25) is 0 Å². The second-order valence-corrected chi connectivity index (χ2v) is 9.29. The van der Waals surface area contributed by atoms with E-state index in [1.54, 1.807) is 19.1 Å². The minimum Gasteiger partial charge on any atom is -0.481 e. The first-order chi connectivity index (χ1) is 15.6. The molecule has 3 N–H and O–H groups in total. The lowest BCUT2D eigenvalue weighted by Gasteiger charge is -2.09. The zero-order valence-electron chi connectivity index (χ0n) is 18.6. The molecule has 0 amide bonds. The second kappa shape index (κ2) is 9.86. The molecular formula is C23H26N4O5S. The van der Waals surface area contributed by atoms with Crippen LogP contribution in [0.1, 0.15) is 43.0 Å². The topological polar surface area (TPSA) is 134 Å². The van der Waals surface area contributed by atoms with Gasteiger partial charge in [-0.15, -0.1) is 0 Å². The number of aliphatic imine (C=N–C) groups is 1. The predicted octanol–water partition coefficient (Wildman–Crippen LogP) is 3.43. The Labute approximate surface area is 191 Å². The number of carboxylic acid groups (broad SMARTS) is 1. The van der Waals surface area contributed by atoms with Crippen LogP contribution in [0.4, 0.5) is 11.4 Å². The molecule has 0 saturated heterocycles. The maximum absolute atomic E-state index is 13.3. The van der Waals surface area contributed by atoms with E-state index < -0.39 is 27.5 Å². The lowest BCUT2D eigenvalue weighted by molar-refractivity contribution is -0.138. The van der Waals surface area contributed by atoms with Gasteiger partial charge in [0, 0.05) is 11.9 Å². The number of hydrogen-bond donors (Lipinski definition) is 3. The molecule has 1 unspecified atom stereocenters. The number of para-hydroxylation sites is 1. The van der Waals surface area contributed by atoms with Crippen molar-refractivity contribution in [2.24, 2.45) is 4.99 Å². The van der Waals surface area contributed by atoms with Crippen molar-refractivity contribution in [1.82, 2.24) is 9.78 Å². The summed E-state index contributed by atoms with van der Waals surface area (Å²) >= 11 is 0. The van der Waals surface area contributed by atoms with Gasteiger partial charge in [-0.05, 0) is 48.7 Å². The first-order valence-electron chi connectivity index (χ1n) is 10.4. The highest BCUT2D eigenvalue weighted by Gasteiger charge is 2.26.